The Morgan fingerprint density at radius 3 is 2.58 bits per heavy atom. The summed E-state index contributed by atoms with van der Waals surface area (Å²) < 4.78 is 0. The lowest BCUT2D eigenvalue weighted by Crippen LogP contribution is -2.08. The summed E-state index contributed by atoms with van der Waals surface area (Å²) in [4.78, 5) is 14.6. The number of aromatic nitrogens is 3. The third kappa shape index (κ3) is 3.73. The Bertz CT molecular complexity index is 543. The summed E-state index contributed by atoms with van der Waals surface area (Å²) in [7, 11) is 0. The van der Waals surface area contributed by atoms with Gasteiger partial charge < -0.3 is 5.32 Å². The molecule has 0 atom stereocenters. The van der Waals surface area contributed by atoms with Crippen LogP contribution in [0.3, 0.4) is 0 Å². The minimum Gasteiger partial charge on any atom is -0.370 e. The monoisotopic (exact) mass is 276 g/mol. The van der Waals surface area contributed by atoms with Crippen molar-refractivity contribution in [2.75, 3.05) is 11.9 Å². The lowest BCUT2D eigenvalue weighted by atomic mass is 10.3. The van der Waals surface area contributed by atoms with Crippen molar-refractivity contribution in [3.05, 3.63) is 33.2 Å². The summed E-state index contributed by atoms with van der Waals surface area (Å²) in [6.45, 7) is 9.06. The van der Waals surface area contributed by atoms with Crippen molar-refractivity contribution in [3.63, 3.8) is 0 Å². The van der Waals surface area contributed by atoms with E-state index >= 15 is 0 Å². The van der Waals surface area contributed by atoms with Crippen molar-refractivity contribution in [2.45, 2.75) is 40.5 Å². The van der Waals surface area contributed by atoms with Gasteiger partial charge in [0.1, 0.15) is 11.6 Å². The first-order valence-electron chi connectivity index (χ1n) is 6.60. The molecule has 4 nitrogen and oxygen atoms in total. The van der Waals surface area contributed by atoms with Gasteiger partial charge in [0.15, 0.2) is 0 Å². The first kappa shape index (κ1) is 13.9. The van der Waals surface area contributed by atoms with E-state index in [1.165, 1.54) is 9.88 Å². The third-order valence-electron chi connectivity index (χ3n) is 2.97. The molecular weight excluding hydrogens is 256 g/mol. The Morgan fingerprint density at radius 2 is 1.95 bits per heavy atom. The Hall–Kier alpha value is -1.49. The van der Waals surface area contributed by atoms with Crippen molar-refractivity contribution in [3.8, 4) is 0 Å². The molecule has 0 amide bonds. The van der Waals surface area contributed by atoms with Crippen molar-refractivity contribution >= 4 is 17.2 Å². The molecule has 2 rings (SSSR count). The largest absolute Gasteiger partial charge is 0.370 e. The zero-order chi connectivity index (χ0) is 13.8. The fourth-order valence-corrected chi connectivity index (χ4v) is 2.78. The SMILES string of the molecule is CCc1cc(NCCc2nc(C)c(C)s2)nc(C)n1. The number of hydrogen-bond acceptors (Lipinski definition) is 5. The highest BCUT2D eigenvalue weighted by atomic mass is 32.1. The van der Waals surface area contributed by atoms with E-state index in [0.29, 0.717) is 0 Å². The lowest BCUT2D eigenvalue weighted by molar-refractivity contribution is 0.927. The third-order valence-corrected chi connectivity index (χ3v) is 4.10. The van der Waals surface area contributed by atoms with Crippen molar-refractivity contribution in [2.24, 2.45) is 0 Å². The van der Waals surface area contributed by atoms with Crippen LogP contribution in [0.2, 0.25) is 0 Å². The molecule has 0 aliphatic heterocycles. The maximum absolute atomic E-state index is 4.54. The second-order valence-corrected chi connectivity index (χ2v) is 5.86. The highest BCUT2D eigenvalue weighted by Crippen LogP contribution is 2.17. The zero-order valence-electron chi connectivity index (χ0n) is 11.9. The molecule has 0 saturated heterocycles. The average molecular weight is 276 g/mol. The van der Waals surface area contributed by atoms with E-state index in [2.05, 4.69) is 41.0 Å². The molecule has 0 aliphatic carbocycles. The maximum Gasteiger partial charge on any atom is 0.129 e. The quantitative estimate of drug-likeness (QED) is 0.912. The highest BCUT2D eigenvalue weighted by Gasteiger charge is 2.04. The number of nitrogens with zero attached hydrogens (tertiary/aromatic N) is 3. The summed E-state index contributed by atoms with van der Waals surface area (Å²) in [5, 5.41) is 4.54. The molecule has 0 aliphatic rings. The molecule has 2 aromatic rings. The van der Waals surface area contributed by atoms with Crippen molar-refractivity contribution < 1.29 is 0 Å². The predicted molar refractivity (Wildman–Crippen MR) is 79.9 cm³/mol. The molecule has 2 aromatic heterocycles. The molecule has 0 saturated carbocycles. The van der Waals surface area contributed by atoms with Crippen LogP contribution in [0.25, 0.3) is 0 Å². The number of rotatable bonds is 5. The van der Waals surface area contributed by atoms with Gasteiger partial charge in [-0.25, -0.2) is 15.0 Å². The maximum atomic E-state index is 4.54. The van der Waals surface area contributed by atoms with Crippen LogP contribution in [0.5, 0.6) is 0 Å². The molecular formula is C14H20N4S. The van der Waals surface area contributed by atoms with Gasteiger partial charge in [-0.2, -0.15) is 0 Å². The molecule has 2 heterocycles. The lowest BCUT2D eigenvalue weighted by Gasteiger charge is -2.06. The van der Waals surface area contributed by atoms with Gasteiger partial charge in [-0.05, 0) is 27.2 Å². The van der Waals surface area contributed by atoms with Gasteiger partial charge >= 0.3 is 0 Å². The Morgan fingerprint density at radius 1 is 1.16 bits per heavy atom. The summed E-state index contributed by atoms with van der Waals surface area (Å²) in [6.07, 6.45) is 1.87. The molecule has 0 radical (unpaired) electrons. The minimum absolute atomic E-state index is 0.822. The molecule has 0 spiro atoms. The number of aryl methyl sites for hydroxylation is 4. The predicted octanol–water partition coefficient (Wildman–Crippen LogP) is 3.08. The van der Waals surface area contributed by atoms with E-state index in [1.807, 2.05) is 13.0 Å². The fraction of sp³-hybridized carbons (Fsp3) is 0.500. The molecule has 0 unspecified atom stereocenters. The van der Waals surface area contributed by atoms with Crippen LogP contribution in [0, 0.1) is 20.8 Å². The number of hydrogen-bond donors (Lipinski definition) is 1. The van der Waals surface area contributed by atoms with Gasteiger partial charge in [-0.3, -0.25) is 0 Å². The fourth-order valence-electron chi connectivity index (χ4n) is 1.84. The van der Waals surface area contributed by atoms with Gasteiger partial charge in [-0.15, -0.1) is 11.3 Å². The smallest absolute Gasteiger partial charge is 0.129 e. The van der Waals surface area contributed by atoms with E-state index in [-0.39, 0.29) is 0 Å². The van der Waals surface area contributed by atoms with Crippen LogP contribution < -0.4 is 5.32 Å². The molecule has 0 aromatic carbocycles. The van der Waals surface area contributed by atoms with E-state index < -0.39 is 0 Å². The second kappa shape index (κ2) is 6.10. The molecule has 1 N–H and O–H groups in total. The standard InChI is InChI=1S/C14H20N4S/c1-5-12-8-13(18-11(4)17-12)15-7-6-14-16-9(2)10(3)19-14/h8H,5-7H2,1-4H3,(H,15,17,18). The summed E-state index contributed by atoms with van der Waals surface area (Å²) >= 11 is 1.78. The van der Waals surface area contributed by atoms with Gasteiger partial charge in [0.05, 0.1) is 10.7 Å². The first-order valence-corrected chi connectivity index (χ1v) is 7.41. The Balaban J connectivity index is 1.93. The van der Waals surface area contributed by atoms with E-state index in [0.717, 1.165) is 42.4 Å². The van der Waals surface area contributed by atoms with Gasteiger partial charge in [-0.1, -0.05) is 6.92 Å². The van der Waals surface area contributed by atoms with Crippen LogP contribution in [-0.4, -0.2) is 21.5 Å². The zero-order valence-corrected chi connectivity index (χ0v) is 12.8. The molecule has 19 heavy (non-hydrogen) atoms. The summed E-state index contributed by atoms with van der Waals surface area (Å²) in [5.41, 5.74) is 2.22. The number of nitrogens with one attached hydrogen (secondary N) is 1. The number of thiazole rings is 1. The highest BCUT2D eigenvalue weighted by molar-refractivity contribution is 7.11. The van der Waals surface area contributed by atoms with Crippen LogP contribution in [-0.2, 0) is 12.8 Å². The summed E-state index contributed by atoms with van der Waals surface area (Å²) in [5.74, 6) is 1.73. The van der Waals surface area contributed by atoms with Crippen LogP contribution in [0.4, 0.5) is 5.82 Å². The van der Waals surface area contributed by atoms with E-state index in [9.17, 15) is 0 Å². The van der Waals surface area contributed by atoms with Crippen molar-refractivity contribution in [1.29, 1.82) is 0 Å². The minimum atomic E-state index is 0.822. The molecule has 5 heteroatoms. The first-order chi connectivity index (χ1) is 9.08. The molecule has 0 bridgehead atoms. The van der Waals surface area contributed by atoms with Gasteiger partial charge in [0.25, 0.3) is 0 Å². The molecule has 0 fully saturated rings. The topological polar surface area (TPSA) is 50.7 Å². The summed E-state index contributed by atoms with van der Waals surface area (Å²) in [6, 6.07) is 2.02. The van der Waals surface area contributed by atoms with Crippen LogP contribution in [0.1, 0.15) is 34.0 Å². The second-order valence-electron chi connectivity index (χ2n) is 4.57. The van der Waals surface area contributed by atoms with Crippen molar-refractivity contribution in [1.82, 2.24) is 15.0 Å². The van der Waals surface area contributed by atoms with Crippen LogP contribution in [0.15, 0.2) is 6.07 Å². The Kier molecular flexibility index (Phi) is 4.47. The van der Waals surface area contributed by atoms with Gasteiger partial charge in [0, 0.05) is 29.6 Å². The average Bonchev–Trinajstić information content (AvgIpc) is 2.68. The normalized spacial score (nSPS) is 10.7. The van der Waals surface area contributed by atoms with E-state index in [1.54, 1.807) is 11.3 Å². The van der Waals surface area contributed by atoms with Gasteiger partial charge in [0.2, 0.25) is 0 Å². The Labute approximate surface area is 118 Å². The molecule has 102 valence electrons. The van der Waals surface area contributed by atoms with E-state index in [4.69, 9.17) is 0 Å². The number of anilines is 1. The van der Waals surface area contributed by atoms with Crippen LogP contribution >= 0.6 is 11.3 Å².